The van der Waals surface area contributed by atoms with Crippen LogP contribution in [0.2, 0.25) is 0 Å². The van der Waals surface area contributed by atoms with Crippen LogP contribution in [0.3, 0.4) is 0 Å². The van der Waals surface area contributed by atoms with Crippen molar-refractivity contribution < 1.29 is 177 Å². The summed E-state index contributed by atoms with van der Waals surface area (Å²) in [5.41, 5.74) is 0.180. The molecule has 30 nitrogen and oxygen atoms in total. The second kappa shape index (κ2) is 44.7. The maximum Gasteiger partial charge on any atom is 1.00 e. The number of ether oxygens (including phenoxy) is 12. The minimum absolute atomic E-state index is 0. The van der Waals surface area contributed by atoms with E-state index in [1.165, 1.54) is 0 Å². The Morgan fingerprint density at radius 3 is 0.439 bits per heavy atom. The molecule has 43 heteroatoms. The largest absolute Gasteiger partial charge is 1.00 e. The molecule has 107 heavy (non-hydrogen) atoms. The van der Waals surface area contributed by atoms with Crippen LogP contribution >= 0.6 is 141 Å². The SMILES string of the molecule is O=C(O)c1c2c(c([C-](c3c4c(c(C(=O)O)c5c3SC(COCCO)(COCCO)S5)SC(COCCO)(COCCO)S4)c3c4c(c(C(=O)O)c5c3SC(COCCO)(COCCO)S5)SC(COCCO)(COCCO)S4)c3c1SC(COCCO)(COCCO)S3)SC(COCCO)(COCCO)S2.[Na+]. The average Bonchev–Trinajstić information content (AvgIpc) is 1.54. The maximum atomic E-state index is 14.9. The average molecular weight is 1740 g/mol. The zero-order valence-electron chi connectivity index (χ0n) is 58.2. The first-order valence-corrected chi connectivity index (χ1v) is 42.9. The summed E-state index contributed by atoms with van der Waals surface area (Å²) in [7, 11) is 0. The summed E-state index contributed by atoms with van der Waals surface area (Å²) >= 11 is 13.5. The molecule has 0 aromatic heterocycles. The fraction of sp³-hybridized carbons (Fsp3) is 0.656. The van der Waals surface area contributed by atoms with Crippen molar-refractivity contribution in [3.8, 4) is 0 Å². The van der Waals surface area contributed by atoms with Gasteiger partial charge in [-0.1, -0.05) is 22.6 Å². The summed E-state index contributed by atoms with van der Waals surface area (Å²) in [6, 6.07) is 0. The first kappa shape index (κ1) is 92.7. The van der Waals surface area contributed by atoms with Gasteiger partial charge in [0, 0.05) is 29.4 Å². The van der Waals surface area contributed by atoms with Gasteiger partial charge in [0.05, 0.1) is 255 Å². The van der Waals surface area contributed by atoms with Crippen LogP contribution in [0.1, 0.15) is 47.8 Å². The Kier molecular flexibility index (Phi) is 38.7. The van der Waals surface area contributed by atoms with Gasteiger partial charge in [-0.15, -0.1) is 141 Å². The smallest absolute Gasteiger partial charge is 0.478 e. The zero-order valence-corrected chi connectivity index (χ0v) is 70.0. The Bertz CT molecular complexity index is 2860. The van der Waals surface area contributed by atoms with Gasteiger partial charge in [-0.2, -0.15) is 0 Å². The van der Waals surface area contributed by atoms with E-state index in [2.05, 4.69) is 0 Å². The standard InChI is InChI=1S/C64H87O30S12.Na/c65-1-13-83-25-59(26-84-14-2-66)95-44-38(45-51(41(56(77)78)50(44)101-59)102-60(96-45,27-85-15-3-67)28-86-16-4-68)37(39-46-52(103-61(97-46,29-87-17-5-69)30-88-18-6-70)42(57(79)80)53-47(39)98-62(104-53,31-89-19-7-71)32-90-20-8-72)40-48-54(105-63(99-48,33-91-21-9-73)34-92-22-10-74)43(58(81)82)55-49(40)100-64(106-55,35-93-23-11-75)36-94-24-12-76;/h65-76H,1-36H2,(H,77,78)(H,79,80)(H,81,82);/q-1;+1. The number of thioether (sulfide) groups is 12. The second-order valence-electron chi connectivity index (χ2n) is 23.5. The van der Waals surface area contributed by atoms with Gasteiger partial charge in [0.2, 0.25) is 0 Å². The van der Waals surface area contributed by atoms with Gasteiger partial charge in [-0.3, -0.25) is 0 Å². The summed E-state index contributed by atoms with van der Waals surface area (Å²) in [5.74, 6) is -3.98. The molecule has 0 unspecified atom stereocenters. The van der Waals surface area contributed by atoms with E-state index in [4.69, 9.17) is 56.8 Å². The van der Waals surface area contributed by atoms with Gasteiger partial charge in [0.1, 0.15) is 24.5 Å². The van der Waals surface area contributed by atoms with Crippen LogP contribution in [0, 0.1) is 5.92 Å². The van der Waals surface area contributed by atoms with Crippen molar-refractivity contribution in [1.29, 1.82) is 0 Å². The van der Waals surface area contributed by atoms with Gasteiger partial charge < -0.3 is 133 Å². The molecule has 9 rings (SSSR count). The molecule has 0 fully saturated rings. The third-order valence-electron chi connectivity index (χ3n) is 15.5. The first-order chi connectivity index (χ1) is 51.3. The molecule has 3 aromatic rings. The number of hydrogen-bond donors (Lipinski definition) is 15. The molecule has 6 aliphatic rings. The Hall–Kier alpha value is 0.180. The van der Waals surface area contributed by atoms with Crippen molar-refractivity contribution in [3.63, 3.8) is 0 Å². The molecule has 15 N–H and O–H groups in total. The summed E-state index contributed by atoms with van der Waals surface area (Å²) in [4.78, 5) is 47.2. The van der Waals surface area contributed by atoms with E-state index in [1.54, 1.807) is 0 Å². The van der Waals surface area contributed by atoms with Gasteiger partial charge in [-0.25, -0.2) is 14.4 Å². The third kappa shape index (κ3) is 22.1. The molecule has 0 aliphatic carbocycles. The van der Waals surface area contributed by atoms with Crippen LogP contribution in [-0.4, -0.2) is 357 Å². The molecular formula is C64H87NaO30S12. The second-order valence-corrected chi connectivity index (χ2v) is 41.8. The van der Waals surface area contributed by atoms with E-state index < -0.39 is 122 Å². The summed E-state index contributed by atoms with van der Waals surface area (Å²) in [6.07, 6.45) is 0. The minimum Gasteiger partial charge on any atom is -0.478 e. The fourth-order valence-corrected chi connectivity index (χ4v) is 31.3. The quantitative estimate of drug-likeness (QED) is 0.0156. The molecule has 0 amide bonds. The molecule has 0 bridgehead atoms. The third-order valence-corrected chi connectivity index (χ3v) is 33.9. The van der Waals surface area contributed by atoms with Crippen LogP contribution in [-0.2, 0) is 56.8 Å². The Labute approximate surface area is 690 Å². The van der Waals surface area contributed by atoms with Crippen molar-refractivity contribution in [2.75, 3.05) is 238 Å². The van der Waals surface area contributed by atoms with Gasteiger partial charge in [0.25, 0.3) is 0 Å². The van der Waals surface area contributed by atoms with Crippen molar-refractivity contribution in [3.05, 3.63) is 39.3 Å². The van der Waals surface area contributed by atoms with E-state index >= 15 is 0 Å². The van der Waals surface area contributed by atoms with Crippen LogP contribution in [0.15, 0.2) is 58.7 Å². The van der Waals surface area contributed by atoms with Crippen molar-refractivity contribution in [1.82, 2.24) is 0 Å². The normalized spacial score (nSPS) is 17.6. The predicted octanol–water partition coefficient (Wildman–Crippen LogP) is 0.276. The maximum absolute atomic E-state index is 14.9. The monoisotopic (exact) mass is 1740 g/mol. The molecule has 0 atom stereocenters. The van der Waals surface area contributed by atoms with E-state index in [0.29, 0.717) is 0 Å². The number of benzene rings is 3. The molecule has 0 spiro atoms. The van der Waals surface area contributed by atoms with Gasteiger partial charge >= 0.3 is 47.5 Å². The molecule has 6 aliphatic heterocycles. The molecule has 596 valence electrons. The van der Waals surface area contributed by atoms with Gasteiger partial charge in [-0.05, 0) is 29.4 Å². The molecular weight excluding hydrogens is 1660 g/mol. The predicted molar refractivity (Wildman–Crippen MR) is 402 cm³/mol. The molecule has 0 radical (unpaired) electrons. The van der Waals surface area contributed by atoms with Gasteiger partial charge in [0.15, 0.2) is 0 Å². The number of hydrogen-bond acceptors (Lipinski definition) is 39. The molecule has 0 saturated heterocycles. The number of aliphatic hydroxyl groups is 12. The Morgan fingerprint density at radius 1 is 0.224 bits per heavy atom. The minimum atomic E-state index is -1.40. The number of aromatic carboxylic acids is 3. The van der Waals surface area contributed by atoms with Crippen LogP contribution in [0.5, 0.6) is 0 Å². The number of fused-ring (bicyclic) bond motifs is 6. The fourth-order valence-electron chi connectivity index (χ4n) is 11.6. The van der Waals surface area contributed by atoms with Crippen molar-refractivity contribution in [2.24, 2.45) is 0 Å². The number of carboxylic acid groups (broad SMARTS) is 3. The number of aliphatic hydroxyl groups excluding tert-OH is 12. The summed E-state index contributed by atoms with van der Waals surface area (Å²) in [5, 5.41) is 160. The molecule has 3 aromatic carbocycles. The molecule has 6 heterocycles. The van der Waals surface area contributed by atoms with Crippen LogP contribution < -0.4 is 29.6 Å². The number of carbonyl (C=O) groups is 3. The van der Waals surface area contributed by atoms with E-state index in [0.717, 1.165) is 141 Å². The Morgan fingerprint density at radius 2 is 0.336 bits per heavy atom. The molecule has 0 saturated carbocycles. The topological polar surface area (TPSA) is 465 Å². The van der Waals surface area contributed by atoms with Crippen molar-refractivity contribution >= 4 is 159 Å². The van der Waals surface area contributed by atoms with E-state index in [1.807, 2.05) is 0 Å². The van der Waals surface area contributed by atoms with Crippen molar-refractivity contribution in [2.45, 2.75) is 83.2 Å². The van der Waals surface area contributed by atoms with Crippen LogP contribution in [0.25, 0.3) is 0 Å². The van der Waals surface area contributed by atoms with Crippen LogP contribution in [0.4, 0.5) is 0 Å². The summed E-state index contributed by atoms with van der Waals surface area (Å²) in [6.45, 7) is -10.1. The van der Waals surface area contributed by atoms with E-state index in [9.17, 15) is 91.0 Å². The van der Waals surface area contributed by atoms with E-state index in [-0.39, 0.29) is 286 Å². The number of rotatable bonds is 54. The summed E-state index contributed by atoms with van der Waals surface area (Å²) < 4.78 is 66.6. The zero-order chi connectivity index (χ0) is 76.1. The number of carboxylic acids is 3. The first-order valence-electron chi connectivity index (χ1n) is 33.1. The Balaban J connectivity index is 0.0000144.